The number of aromatic nitrogens is 1. The molecule has 0 aromatic carbocycles. The minimum Gasteiger partial charge on any atom is -0.398 e. The van der Waals surface area contributed by atoms with E-state index in [1.807, 2.05) is 0 Å². The highest BCUT2D eigenvalue weighted by Gasteiger charge is 2.16. The molecule has 0 amide bonds. The molecule has 1 aromatic rings. The molecule has 0 aliphatic rings. The van der Waals surface area contributed by atoms with E-state index in [-0.39, 0.29) is 16.7 Å². The molecule has 0 bridgehead atoms. The molecule has 0 aliphatic carbocycles. The van der Waals surface area contributed by atoms with Crippen molar-refractivity contribution in [1.82, 2.24) is 4.98 Å². The number of halogens is 3. The zero-order valence-electron chi connectivity index (χ0n) is 5.89. The van der Waals surface area contributed by atoms with Gasteiger partial charge in [-0.1, -0.05) is 11.6 Å². The topological polar surface area (TPSA) is 64.9 Å². The van der Waals surface area contributed by atoms with E-state index in [9.17, 15) is 8.78 Å². The summed E-state index contributed by atoms with van der Waals surface area (Å²) < 4.78 is 24.4. The molecule has 0 atom stereocenters. The first-order valence-electron chi connectivity index (χ1n) is 3.02. The Morgan fingerprint density at radius 1 is 1.42 bits per heavy atom. The molecule has 0 aliphatic heterocycles. The summed E-state index contributed by atoms with van der Waals surface area (Å²) in [6.07, 6.45) is -2.73. The van der Waals surface area contributed by atoms with Crippen molar-refractivity contribution in [3.8, 4) is 0 Å². The van der Waals surface area contributed by atoms with Crippen molar-refractivity contribution in [2.24, 2.45) is 0 Å². The first kappa shape index (κ1) is 8.99. The maximum Gasteiger partial charge on any atom is 0.269 e. The molecule has 0 spiro atoms. The van der Waals surface area contributed by atoms with Crippen molar-refractivity contribution in [3.05, 3.63) is 16.8 Å². The summed E-state index contributed by atoms with van der Waals surface area (Å²) in [6, 6.07) is 1.14. The van der Waals surface area contributed by atoms with E-state index in [0.29, 0.717) is 0 Å². The Hall–Kier alpha value is -1.10. The molecule has 3 nitrogen and oxygen atoms in total. The summed E-state index contributed by atoms with van der Waals surface area (Å²) in [7, 11) is 0. The van der Waals surface area contributed by atoms with Crippen LogP contribution < -0.4 is 11.5 Å². The van der Waals surface area contributed by atoms with E-state index in [4.69, 9.17) is 23.1 Å². The zero-order chi connectivity index (χ0) is 9.30. The molecule has 6 heteroatoms. The predicted octanol–water partition coefficient (Wildman–Crippen LogP) is 1.84. The summed E-state index contributed by atoms with van der Waals surface area (Å²) in [6.45, 7) is 0. The van der Waals surface area contributed by atoms with Crippen molar-refractivity contribution in [3.63, 3.8) is 0 Å². The second kappa shape index (κ2) is 3.10. The molecule has 12 heavy (non-hydrogen) atoms. The van der Waals surface area contributed by atoms with Crippen LogP contribution in [-0.2, 0) is 0 Å². The Kier molecular flexibility index (Phi) is 2.32. The number of nitrogen functional groups attached to an aromatic ring is 2. The van der Waals surface area contributed by atoms with Gasteiger partial charge in [-0.3, -0.25) is 0 Å². The second-order valence-corrected chi connectivity index (χ2v) is 2.52. The maximum absolute atomic E-state index is 12.2. The van der Waals surface area contributed by atoms with Gasteiger partial charge in [0.2, 0.25) is 0 Å². The highest BCUT2D eigenvalue weighted by atomic mass is 35.5. The van der Waals surface area contributed by atoms with Crippen LogP contribution in [0.4, 0.5) is 20.3 Å². The van der Waals surface area contributed by atoms with Gasteiger partial charge in [-0.2, -0.15) is 0 Å². The molecule has 0 fully saturated rings. The van der Waals surface area contributed by atoms with Gasteiger partial charge in [-0.05, 0) is 6.07 Å². The zero-order valence-corrected chi connectivity index (χ0v) is 6.65. The average molecular weight is 194 g/mol. The molecule has 1 heterocycles. The fourth-order valence-corrected chi connectivity index (χ4v) is 1.01. The fourth-order valence-electron chi connectivity index (χ4n) is 0.799. The minimum absolute atomic E-state index is 0.00870. The van der Waals surface area contributed by atoms with Crippen molar-refractivity contribution in [1.29, 1.82) is 0 Å². The number of hydrogen-bond donors (Lipinski definition) is 2. The third-order valence-corrected chi connectivity index (χ3v) is 1.50. The van der Waals surface area contributed by atoms with Crippen molar-refractivity contribution in [2.45, 2.75) is 6.43 Å². The average Bonchev–Trinajstić information content (AvgIpc) is 1.82. The van der Waals surface area contributed by atoms with E-state index < -0.39 is 12.0 Å². The summed E-state index contributed by atoms with van der Waals surface area (Å²) in [5, 5.41) is 0.00870. The number of nitrogens with two attached hydrogens (primary N) is 2. The Morgan fingerprint density at radius 3 is 2.42 bits per heavy atom. The van der Waals surface area contributed by atoms with Crippen LogP contribution in [-0.4, -0.2) is 4.98 Å². The molecular weight excluding hydrogens is 188 g/mol. The molecule has 1 aromatic heterocycles. The molecule has 0 saturated carbocycles. The lowest BCUT2D eigenvalue weighted by molar-refractivity contribution is 0.153. The lowest BCUT2D eigenvalue weighted by atomic mass is 10.2. The fraction of sp³-hybridized carbons (Fsp3) is 0.167. The summed E-state index contributed by atoms with van der Waals surface area (Å²) in [4.78, 5) is 3.44. The van der Waals surface area contributed by atoms with Gasteiger partial charge < -0.3 is 11.5 Å². The number of pyridine rings is 1. The van der Waals surface area contributed by atoms with Crippen LogP contribution in [0.25, 0.3) is 0 Å². The van der Waals surface area contributed by atoms with Gasteiger partial charge in [0, 0.05) is 5.69 Å². The molecule has 1 rings (SSSR count). The molecule has 0 unspecified atom stereocenters. The Morgan fingerprint density at radius 2 is 2.00 bits per heavy atom. The van der Waals surface area contributed by atoms with Gasteiger partial charge in [0.05, 0.1) is 5.56 Å². The van der Waals surface area contributed by atoms with Gasteiger partial charge in [0.15, 0.2) is 0 Å². The number of alkyl halides is 2. The SMILES string of the molecule is Nc1cc(Cl)nc(N)c1C(F)F. The number of rotatable bonds is 1. The third-order valence-electron chi connectivity index (χ3n) is 1.31. The Balaban J connectivity index is 3.28. The van der Waals surface area contributed by atoms with Gasteiger partial charge in [0.1, 0.15) is 11.0 Å². The largest absolute Gasteiger partial charge is 0.398 e. The van der Waals surface area contributed by atoms with Crippen molar-refractivity contribution >= 4 is 23.1 Å². The number of anilines is 2. The van der Waals surface area contributed by atoms with Crippen molar-refractivity contribution in [2.75, 3.05) is 11.5 Å². The van der Waals surface area contributed by atoms with Gasteiger partial charge in [-0.25, -0.2) is 13.8 Å². The normalized spacial score (nSPS) is 10.7. The van der Waals surface area contributed by atoms with E-state index in [1.165, 1.54) is 0 Å². The summed E-state index contributed by atoms with van der Waals surface area (Å²) >= 11 is 5.41. The quantitative estimate of drug-likeness (QED) is 0.669. The van der Waals surface area contributed by atoms with Crippen LogP contribution in [0, 0.1) is 0 Å². The van der Waals surface area contributed by atoms with Crippen LogP contribution in [0.5, 0.6) is 0 Å². The molecule has 66 valence electrons. The van der Waals surface area contributed by atoms with Crippen LogP contribution in [0.3, 0.4) is 0 Å². The smallest absolute Gasteiger partial charge is 0.269 e. The van der Waals surface area contributed by atoms with Gasteiger partial charge in [-0.15, -0.1) is 0 Å². The lowest BCUT2D eigenvalue weighted by Gasteiger charge is -2.06. The third kappa shape index (κ3) is 1.55. The highest BCUT2D eigenvalue weighted by Crippen LogP contribution is 2.30. The van der Waals surface area contributed by atoms with E-state index >= 15 is 0 Å². The van der Waals surface area contributed by atoms with Crippen LogP contribution >= 0.6 is 11.6 Å². The van der Waals surface area contributed by atoms with Crippen LogP contribution in [0.2, 0.25) is 5.15 Å². The maximum atomic E-state index is 12.2. The first-order chi connectivity index (χ1) is 5.52. The Bertz CT molecular complexity index is 280. The molecule has 0 saturated heterocycles. The molecular formula is C6H6ClF2N3. The molecule has 0 radical (unpaired) electrons. The van der Waals surface area contributed by atoms with E-state index in [0.717, 1.165) is 6.07 Å². The molecule has 4 N–H and O–H groups in total. The van der Waals surface area contributed by atoms with E-state index in [1.54, 1.807) is 0 Å². The monoisotopic (exact) mass is 193 g/mol. The minimum atomic E-state index is -2.73. The van der Waals surface area contributed by atoms with Gasteiger partial charge in [0.25, 0.3) is 6.43 Å². The summed E-state index contributed by atoms with van der Waals surface area (Å²) in [5.74, 6) is -0.324. The number of nitrogens with zero attached hydrogens (tertiary/aromatic N) is 1. The number of hydrogen-bond acceptors (Lipinski definition) is 3. The lowest BCUT2D eigenvalue weighted by Crippen LogP contribution is -2.03. The Labute approximate surface area is 72.3 Å². The van der Waals surface area contributed by atoms with E-state index in [2.05, 4.69) is 4.98 Å². The second-order valence-electron chi connectivity index (χ2n) is 2.13. The summed E-state index contributed by atoms with van der Waals surface area (Å²) in [5.41, 5.74) is 9.81. The highest BCUT2D eigenvalue weighted by molar-refractivity contribution is 6.29. The predicted molar refractivity (Wildman–Crippen MR) is 43.0 cm³/mol. The van der Waals surface area contributed by atoms with Gasteiger partial charge >= 0.3 is 0 Å². The van der Waals surface area contributed by atoms with Crippen molar-refractivity contribution < 1.29 is 8.78 Å². The first-order valence-corrected chi connectivity index (χ1v) is 3.39. The van der Waals surface area contributed by atoms with Crippen LogP contribution in [0.15, 0.2) is 6.07 Å². The van der Waals surface area contributed by atoms with Crippen LogP contribution in [0.1, 0.15) is 12.0 Å². The standard InChI is InChI=1S/C6H6ClF2N3/c7-3-1-2(10)4(5(8)9)6(11)12-3/h1,5H,(H4,10,11,12).